The Morgan fingerprint density at radius 2 is 2.11 bits per heavy atom. The number of aryl methyl sites for hydroxylation is 1. The molecular formula is C13H13NO5. The van der Waals surface area contributed by atoms with Crippen LogP contribution in [0.1, 0.15) is 26.6 Å². The van der Waals surface area contributed by atoms with Gasteiger partial charge in [-0.3, -0.25) is 0 Å². The summed E-state index contributed by atoms with van der Waals surface area (Å²) in [5.41, 5.74) is 0.900. The summed E-state index contributed by atoms with van der Waals surface area (Å²) in [5.74, 6) is -1.03. The summed E-state index contributed by atoms with van der Waals surface area (Å²) in [6.07, 6.45) is 3.09. The minimum atomic E-state index is -0.602. The third-order valence-corrected chi connectivity index (χ3v) is 2.63. The number of methoxy groups -OCH3 is 1. The van der Waals surface area contributed by atoms with E-state index in [1.165, 1.54) is 13.4 Å². The lowest BCUT2D eigenvalue weighted by atomic mass is 10.2. The van der Waals surface area contributed by atoms with Crippen LogP contribution in [-0.2, 0) is 23.1 Å². The number of aromatic nitrogens is 1. The van der Waals surface area contributed by atoms with Crippen LogP contribution in [0.25, 0.3) is 0 Å². The first-order valence-electron chi connectivity index (χ1n) is 5.56. The second-order valence-corrected chi connectivity index (χ2v) is 3.85. The van der Waals surface area contributed by atoms with Crippen LogP contribution in [0.15, 0.2) is 35.1 Å². The fourth-order valence-corrected chi connectivity index (χ4v) is 1.61. The molecule has 2 aromatic heterocycles. The number of esters is 2. The molecule has 2 aromatic rings. The number of rotatable bonds is 4. The van der Waals surface area contributed by atoms with Crippen LogP contribution in [0.3, 0.4) is 0 Å². The minimum Gasteiger partial charge on any atom is -0.463 e. The Labute approximate surface area is 109 Å². The number of hydrogen-bond donors (Lipinski definition) is 0. The molecule has 6 nitrogen and oxygen atoms in total. The predicted octanol–water partition coefficient (Wildman–Crippen LogP) is 1.76. The largest absolute Gasteiger partial charge is 0.463 e. The van der Waals surface area contributed by atoms with E-state index < -0.39 is 11.9 Å². The topological polar surface area (TPSA) is 70.7 Å². The van der Waals surface area contributed by atoms with Crippen LogP contribution in [0.2, 0.25) is 0 Å². The van der Waals surface area contributed by atoms with Gasteiger partial charge in [-0.2, -0.15) is 0 Å². The average molecular weight is 263 g/mol. The molecule has 0 bridgehead atoms. The zero-order valence-corrected chi connectivity index (χ0v) is 10.6. The number of furan rings is 1. The summed E-state index contributed by atoms with van der Waals surface area (Å²) in [7, 11) is 3.00. The second-order valence-electron chi connectivity index (χ2n) is 3.85. The summed E-state index contributed by atoms with van der Waals surface area (Å²) < 4.78 is 16.3. The Morgan fingerprint density at radius 1 is 1.32 bits per heavy atom. The van der Waals surface area contributed by atoms with Crippen molar-refractivity contribution in [3.8, 4) is 0 Å². The maximum absolute atomic E-state index is 11.8. The quantitative estimate of drug-likeness (QED) is 0.786. The van der Waals surface area contributed by atoms with Crippen molar-refractivity contribution in [1.29, 1.82) is 0 Å². The molecule has 0 radical (unpaired) electrons. The van der Waals surface area contributed by atoms with E-state index in [1.807, 2.05) is 0 Å². The summed E-state index contributed by atoms with van der Waals surface area (Å²) in [6, 6.07) is 4.96. The number of carbonyl (C=O) groups is 2. The van der Waals surface area contributed by atoms with Gasteiger partial charge in [0.25, 0.3) is 0 Å². The second kappa shape index (κ2) is 5.43. The van der Waals surface area contributed by atoms with Gasteiger partial charge in [0, 0.05) is 18.8 Å². The molecule has 0 fully saturated rings. The van der Waals surface area contributed by atoms with Gasteiger partial charge in [0.05, 0.1) is 13.4 Å². The SMILES string of the molecule is COC(=O)c1occc1COC(=O)c1cccn1C. The van der Waals surface area contributed by atoms with Gasteiger partial charge in [0.1, 0.15) is 12.3 Å². The third-order valence-electron chi connectivity index (χ3n) is 2.63. The van der Waals surface area contributed by atoms with Crippen LogP contribution in [0.5, 0.6) is 0 Å². The Morgan fingerprint density at radius 3 is 2.74 bits per heavy atom. The molecule has 0 atom stereocenters. The molecular weight excluding hydrogens is 250 g/mol. The van der Waals surface area contributed by atoms with E-state index in [1.54, 1.807) is 36.0 Å². The van der Waals surface area contributed by atoms with Crippen molar-refractivity contribution >= 4 is 11.9 Å². The summed E-state index contributed by atoms with van der Waals surface area (Å²) >= 11 is 0. The Bertz CT molecular complexity index is 596. The minimum absolute atomic E-state index is 0.0437. The van der Waals surface area contributed by atoms with Gasteiger partial charge < -0.3 is 18.5 Å². The van der Waals surface area contributed by atoms with E-state index in [9.17, 15) is 9.59 Å². The van der Waals surface area contributed by atoms with Crippen molar-refractivity contribution in [3.63, 3.8) is 0 Å². The highest BCUT2D eigenvalue weighted by Crippen LogP contribution is 2.14. The first-order chi connectivity index (χ1) is 9.13. The molecule has 6 heteroatoms. The van der Waals surface area contributed by atoms with Crippen LogP contribution >= 0.6 is 0 Å². The van der Waals surface area contributed by atoms with E-state index in [2.05, 4.69) is 4.74 Å². The standard InChI is InChI=1S/C13H13NO5/c1-14-6-3-4-10(14)12(15)19-8-9-5-7-18-11(9)13(16)17-2/h3-7H,8H2,1-2H3. The molecule has 0 aliphatic carbocycles. The van der Waals surface area contributed by atoms with Crippen molar-refractivity contribution in [2.45, 2.75) is 6.61 Å². The fourth-order valence-electron chi connectivity index (χ4n) is 1.61. The Kier molecular flexibility index (Phi) is 3.70. The molecule has 0 amide bonds. The molecule has 0 saturated carbocycles. The molecule has 2 rings (SSSR count). The lowest BCUT2D eigenvalue weighted by Crippen LogP contribution is -2.11. The van der Waals surface area contributed by atoms with Gasteiger partial charge in [-0.1, -0.05) is 0 Å². The van der Waals surface area contributed by atoms with E-state index >= 15 is 0 Å². The number of hydrogen-bond acceptors (Lipinski definition) is 5. The highest BCUT2D eigenvalue weighted by Gasteiger charge is 2.18. The first-order valence-corrected chi connectivity index (χ1v) is 5.56. The van der Waals surface area contributed by atoms with E-state index in [0.717, 1.165) is 0 Å². The van der Waals surface area contributed by atoms with Gasteiger partial charge in [-0.05, 0) is 18.2 Å². The summed E-state index contributed by atoms with van der Waals surface area (Å²) in [4.78, 5) is 23.1. The first kappa shape index (κ1) is 12.9. The summed E-state index contributed by atoms with van der Waals surface area (Å²) in [6.45, 7) is -0.0506. The molecule has 0 aliphatic heterocycles. The van der Waals surface area contributed by atoms with E-state index in [0.29, 0.717) is 11.3 Å². The lowest BCUT2D eigenvalue weighted by molar-refractivity contribution is 0.0444. The maximum Gasteiger partial charge on any atom is 0.374 e. The molecule has 0 N–H and O–H groups in total. The molecule has 0 saturated heterocycles. The normalized spacial score (nSPS) is 10.2. The average Bonchev–Trinajstić information content (AvgIpc) is 3.03. The van der Waals surface area contributed by atoms with Gasteiger partial charge in [-0.15, -0.1) is 0 Å². The van der Waals surface area contributed by atoms with Crippen molar-refractivity contribution in [1.82, 2.24) is 4.57 Å². The molecule has 0 aliphatic rings. The number of nitrogens with zero attached hydrogens (tertiary/aromatic N) is 1. The van der Waals surface area contributed by atoms with Gasteiger partial charge in [0.2, 0.25) is 5.76 Å². The lowest BCUT2D eigenvalue weighted by Gasteiger charge is -2.05. The predicted molar refractivity (Wildman–Crippen MR) is 64.6 cm³/mol. The maximum atomic E-state index is 11.8. The zero-order valence-electron chi connectivity index (χ0n) is 10.6. The molecule has 19 heavy (non-hydrogen) atoms. The van der Waals surface area contributed by atoms with Crippen molar-refractivity contribution in [2.75, 3.05) is 7.11 Å². The molecule has 0 unspecified atom stereocenters. The number of ether oxygens (including phenoxy) is 2. The van der Waals surface area contributed by atoms with Crippen LogP contribution in [0.4, 0.5) is 0 Å². The van der Waals surface area contributed by atoms with Gasteiger partial charge in [0.15, 0.2) is 0 Å². The van der Waals surface area contributed by atoms with Crippen LogP contribution in [0, 0.1) is 0 Å². The molecule has 0 aromatic carbocycles. The van der Waals surface area contributed by atoms with Crippen LogP contribution < -0.4 is 0 Å². The van der Waals surface area contributed by atoms with E-state index in [-0.39, 0.29) is 12.4 Å². The smallest absolute Gasteiger partial charge is 0.374 e. The van der Waals surface area contributed by atoms with Crippen molar-refractivity contribution in [2.24, 2.45) is 7.05 Å². The van der Waals surface area contributed by atoms with Crippen molar-refractivity contribution < 1.29 is 23.5 Å². The van der Waals surface area contributed by atoms with Gasteiger partial charge >= 0.3 is 11.9 Å². The zero-order chi connectivity index (χ0) is 13.8. The molecule has 2 heterocycles. The molecule has 100 valence electrons. The third kappa shape index (κ3) is 2.67. The summed E-state index contributed by atoms with van der Waals surface area (Å²) in [5, 5.41) is 0. The highest BCUT2D eigenvalue weighted by atomic mass is 16.5. The van der Waals surface area contributed by atoms with Gasteiger partial charge in [-0.25, -0.2) is 9.59 Å². The highest BCUT2D eigenvalue weighted by molar-refractivity contribution is 5.89. The van der Waals surface area contributed by atoms with E-state index in [4.69, 9.17) is 9.15 Å². The van der Waals surface area contributed by atoms with Crippen molar-refractivity contribution in [3.05, 3.63) is 47.7 Å². The Hall–Kier alpha value is -2.50. The number of carbonyl (C=O) groups excluding carboxylic acids is 2. The molecule has 0 spiro atoms. The monoisotopic (exact) mass is 263 g/mol. The Balaban J connectivity index is 2.04. The van der Waals surface area contributed by atoms with Crippen LogP contribution in [-0.4, -0.2) is 23.6 Å². The fraction of sp³-hybridized carbons (Fsp3) is 0.231.